The van der Waals surface area contributed by atoms with Crippen LogP contribution in [0, 0.1) is 0 Å². The molecule has 458 valence electrons. The Kier molecular flexibility index (Phi) is 59.0. The molecule has 0 saturated carbocycles. The van der Waals surface area contributed by atoms with E-state index in [0.717, 1.165) is 89.9 Å². The van der Waals surface area contributed by atoms with Crippen molar-refractivity contribution in [3.8, 4) is 0 Å². The van der Waals surface area contributed by atoms with E-state index in [1.807, 2.05) is 0 Å². The highest BCUT2D eigenvalue weighted by atomic mass is 31.2. The molecule has 78 heavy (non-hydrogen) atoms. The number of hydrogen-bond donors (Lipinski definition) is 2. The van der Waals surface area contributed by atoms with Crippen LogP contribution in [-0.4, -0.2) is 66.5 Å². The van der Waals surface area contributed by atoms with Crippen molar-refractivity contribution < 1.29 is 52.2 Å². The first-order chi connectivity index (χ1) is 38.2. The van der Waals surface area contributed by atoms with Gasteiger partial charge in [-0.1, -0.05) is 269 Å². The number of phosphoric acid groups is 1. The summed E-state index contributed by atoms with van der Waals surface area (Å²) in [5.41, 5.74) is 0. The molecule has 0 aromatic carbocycles. The van der Waals surface area contributed by atoms with Crippen molar-refractivity contribution >= 4 is 25.7 Å². The number of allylic oxidation sites excluding steroid dienone is 6. The maximum Gasteiger partial charge on any atom is 0.472 e. The fourth-order valence-electron chi connectivity index (χ4n) is 9.50. The first-order valence-corrected chi connectivity index (χ1v) is 34.4. The minimum Gasteiger partial charge on any atom is -0.462 e. The normalized spacial score (nSPS) is 13.4. The van der Waals surface area contributed by atoms with Crippen LogP contribution in [0.4, 0.5) is 0 Å². The number of rotatable bonds is 62. The van der Waals surface area contributed by atoms with Crippen molar-refractivity contribution in [2.45, 2.75) is 341 Å². The predicted octanol–water partition coefficient (Wildman–Crippen LogP) is 19.9. The third-order valence-electron chi connectivity index (χ3n) is 14.5. The van der Waals surface area contributed by atoms with Gasteiger partial charge in [0.2, 0.25) is 0 Å². The van der Waals surface area contributed by atoms with Gasteiger partial charge in [0, 0.05) is 19.3 Å². The zero-order chi connectivity index (χ0) is 56.9. The zero-order valence-electron chi connectivity index (χ0n) is 50.9. The lowest BCUT2D eigenvalue weighted by molar-refractivity contribution is -0.161. The second-order valence-electron chi connectivity index (χ2n) is 22.3. The largest absolute Gasteiger partial charge is 0.472 e. The van der Waals surface area contributed by atoms with Gasteiger partial charge in [-0.15, -0.1) is 0 Å². The SMILES string of the molecule is CCCCC/C=C\C/C=C\CCCCCCCC(=O)OC(CO)COP(=O)(O)OCC(COC(=O)CCCCCCCCC/C=C\CCCCCCCC)OC(=O)CCCCCCCCCCCCCCCCCCCCC. The predicted molar refractivity (Wildman–Crippen MR) is 326 cm³/mol. The van der Waals surface area contributed by atoms with Crippen molar-refractivity contribution in [3.05, 3.63) is 36.5 Å². The van der Waals surface area contributed by atoms with Gasteiger partial charge in [0.25, 0.3) is 0 Å². The lowest BCUT2D eigenvalue weighted by atomic mass is 10.0. The number of carbonyl (C=O) groups excluding carboxylic acids is 3. The van der Waals surface area contributed by atoms with E-state index in [2.05, 4.69) is 57.2 Å². The van der Waals surface area contributed by atoms with E-state index in [0.29, 0.717) is 19.3 Å². The van der Waals surface area contributed by atoms with Gasteiger partial charge >= 0.3 is 25.7 Å². The Bertz CT molecular complexity index is 1450. The Morgan fingerprint density at radius 3 is 0.987 bits per heavy atom. The molecule has 2 N–H and O–H groups in total. The average Bonchev–Trinajstić information content (AvgIpc) is 3.43. The zero-order valence-corrected chi connectivity index (χ0v) is 51.8. The van der Waals surface area contributed by atoms with Crippen LogP contribution in [0.15, 0.2) is 36.5 Å². The van der Waals surface area contributed by atoms with Crippen molar-refractivity contribution in [3.63, 3.8) is 0 Å². The monoisotopic (exact) mass is 1120 g/mol. The van der Waals surface area contributed by atoms with E-state index in [9.17, 15) is 28.9 Å². The maximum absolute atomic E-state index is 13.0. The minimum atomic E-state index is -4.75. The topological polar surface area (TPSA) is 155 Å². The Balaban J connectivity index is 4.68. The smallest absolute Gasteiger partial charge is 0.462 e. The molecule has 0 heterocycles. The number of phosphoric ester groups is 1. The van der Waals surface area contributed by atoms with Crippen molar-refractivity contribution in [1.82, 2.24) is 0 Å². The first-order valence-electron chi connectivity index (χ1n) is 32.9. The molecule has 0 rings (SSSR count). The molecule has 0 fully saturated rings. The molecule has 11 nitrogen and oxygen atoms in total. The van der Waals surface area contributed by atoms with Crippen molar-refractivity contribution in [2.75, 3.05) is 26.4 Å². The van der Waals surface area contributed by atoms with E-state index in [4.69, 9.17) is 23.3 Å². The van der Waals surface area contributed by atoms with Gasteiger partial charge in [0.1, 0.15) is 12.7 Å². The van der Waals surface area contributed by atoms with E-state index in [1.54, 1.807) is 0 Å². The van der Waals surface area contributed by atoms with Crippen molar-refractivity contribution in [2.24, 2.45) is 0 Å². The number of aliphatic hydroxyl groups excluding tert-OH is 1. The summed E-state index contributed by atoms with van der Waals surface area (Å²) in [5, 5.41) is 9.85. The van der Waals surface area contributed by atoms with Crippen LogP contribution in [0.1, 0.15) is 329 Å². The van der Waals surface area contributed by atoms with E-state index in [-0.39, 0.29) is 25.9 Å². The highest BCUT2D eigenvalue weighted by molar-refractivity contribution is 7.47. The van der Waals surface area contributed by atoms with Gasteiger partial charge in [0.15, 0.2) is 6.10 Å². The van der Waals surface area contributed by atoms with Crippen LogP contribution in [0.2, 0.25) is 0 Å². The quantitative estimate of drug-likeness (QED) is 0.0197. The Hall–Kier alpha value is -2.30. The fraction of sp³-hybridized carbons (Fsp3) is 0.864. The van der Waals surface area contributed by atoms with Crippen LogP contribution in [0.3, 0.4) is 0 Å². The van der Waals surface area contributed by atoms with Crippen LogP contribution in [0.25, 0.3) is 0 Å². The summed E-state index contributed by atoms with van der Waals surface area (Å²) in [4.78, 5) is 48.8. The van der Waals surface area contributed by atoms with Gasteiger partial charge in [-0.05, 0) is 77.0 Å². The van der Waals surface area contributed by atoms with Crippen LogP contribution < -0.4 is 0 Å². The van der Waals surface area contributed by atoms with Gasteiger partial charge in [-0.25, -0.2) is 4.57 Å². The molecule has 0 radical (unpaired) electrons. The molecule has 3 atom stereocenters. The Labute approximate surface area is 480 Å². The number of aliphatic hydroxyl groups is 1. The third-order valence-corrected chi connectivity index (χ3v) is 15.5. The van der Waals surface area contributed by atoms with Crippen LogP contribution in [0.5, 0.6) is 0 Å². The van der Waals surface area contributed by atoms with E-state index >= 15 is 0 Å². The summed E-state index contributed by atoms with van der Waals surface area (Å²) in [6.07, 6.45) is 65.2. The molecule has 0 aromatic heterocycles. The van der Waals surface area contributed by atoms with E-state index in [1.165, 1.54) is 180 Å². The third kappa shape index (κ3) is 58.4. The molecule has 0 aromatic rings. The summed E-state index contributed by atoms with van der Waals surface area (Å²) >= 11 is 0. The average molecular weight is 1120 g/mol. The number of ether oxygens (including phenoxy) is 3. The fourth-order valence-corrected chi connectivity index (χ4v) is 10.3. The van der Waals surface area contributed by atoms with Gasteiger partial charge in [-0.2, -0.15) is 0 Å². The molecule has 12 heteroatoms. The van der Waals surface area contributed by atoms with Crippen LogP contribution >= 0.6 is 7.82 Å². The highest BCUT2D eigenvalue weighted by Gasteiger charge is 2.28. The summed E-state index contributed by atoms with van der Waals surface area (Å²) in [5.74, 6) is -1.46. The molecule has 3 unspecified atom stereocenters. The molecule has 0 spiro atoms. The van der Waals surface area contributed by atoms with Crippen molar-refractivity contribution in [1.29, 1.82) is 0 Å². The second kappa shape index (κ2) is 60.8. The van der Waals surface area contributed by atoms with E-state index < -0.39 is 57.8 Å². The Morgan fingerprint density at radius 1 is 0.359 bits per heavy atom. The lowest BCUT2D eigenvalue weighted by Gasteiger charge is -2.21. The number of carbonyl (C=O) groups is 3. The number of esters is 3. The maximum atomic E-state index is 13.0. The summed E-state index contributed by atoms with van der Waals surface area (Å²) < 4.78 is 39.7. The first kappa shape index (κ1) is 75.7. The number of hydrogen-bond acceptors (Lipinski definition) is 10. The molecule has 0 aliphatic rings. The molecule has 0 bridgehead atoms. The minimum absolute atomic E-state index is 0.164. The molecule has 0 saturated heterocycles. The number of unbranched alkanes of at least 4 members (excludes halogenated alkanes) is 39. The molecule has 0 aliphatic carbocycles. The summed E-state index contributed by atoms with van der Waals surface area (Å²) in [6, 6.07) is 0. The molecular weight excluding hydrogens is 1000 g/mol. The second-order valence-corrected chi connectivity index (χ2v) is 23.7. The highest BCUT2D eigenvalue weighted by Crippen LogP contribution is 2.43. The van der Waals surface area contributed by atoms with Gasteiger partial charge in [0.05, 0.1) is 19.8 Å². The van der Waals surface area contributed by atoms with Gasteiger partial charge < -0.3 is 24.2 Å². The molecule has 0 aliphatic heterocycles. The molecular formula is C66H123O11P. The lowest BCUT2D eigenvalue weighted by Crippen LogP contribution is -2.30. The van der Waals surface area contributed by atoms with Crippen LogP contribution in [-0.2, 0) is 42.2 Å². The summed E-state index contributed by atoms with van der Waals surface area (Å²) in [7, 11) is -4.75. The summed E-state index contributed by atoms with van der Waals surface area (Å²) in [6.45, 7) is 4.67. The Morgan fingerprint density at radius 2 is 0.628 bits per heavy atom. The molecule has 0 amide bonds. The standard InChI is InChI=1S/C66H123O11P/c1-4-7-10-13-16-19-22-25-28-30-31-33-36-39-42-45-48-51-54-57-66(70)77-63(59-73-64(68)55-52-49-46-43-40-37-35-32-29-26-23-20-17-14-11-8-5-2)61-75-78(71,72)74-60-62(58-67)76-65(69)56-53-50-47-44-41-38-34-27-24-21-18-15-12-9-6-3/h18,21,26-27,29,34,62-63,67H,4-17,19-20,22-25,28,30-33,35-61H2,1-3H3,(H,71,72)/b21-18-,29-26-,34-27-. The van der Waals surface area contributed by atoms with Gasteiger partial charge in [-0.3, -0.25) is 23.4 Å².